The lowest BCUT2D eigenvalue weighted by molar-refractivity contribution is 0.00792. The topological polar surface area (TPSA) is 104 Å². The average molecular weight is 388 g/mol. The number of β-amino-alcohol motifs (C(OH)–C–C–N with tert-alkyl or cyclic N) is 1. The Kier molecular flexibility index (Phi) is 4.77. The molecule has 0 unspecified atom stereocenters. The molecule has 3 aromatic heterocycles. The quantitative estimate of drug-likeness (QED) is 0.654. The van der Waals surface area contributed by atoms with E-state index in [1.165, 1.54) is 0 Å². The van der Waals surface area contributed by atoms with Crippen LogP contribution in [-0.2, 0) is 0 Å². The zero-order valence-corrected chi connectivity index (χ0v) is 15.3. The average Bonchev–Trinajstić information content (AvgIpc) is 2.68. The Morgan fingerprint density at radius 3 is 2.81 bits per heavy atom. The Balaban J connectivity index is 1.91. The van der Waals surface area contributed by atoms with Crippen molar-refractivity contribution in [3.05, 3.63) is 35.9 Å². The zero-order valence-electron chi connectivity index (χ0n) is 14.6. The second-order valence-corrected chi connectivity index (χ2v) is 6.73. The van der Waals surface area contributed by atoms with Crippen molar-refractivity contribution in [3.63, 3.8) is 0 Å². The van der Waals surface area contributed by atoms with E-state index in [2.05, 4.69) is 15.0 Å². The van der Waals surface area contributed by atoms with E-state index < -0.39 is 12.2 Å². The number of halogens is 1. The van der Waals surface area contributed by atoms with Crippen LogP contribution < -0.4 is 9.64 Å². The highest BCUT2D eigenvalue weighted by atomic mass is 35.5. The van der Waals surface area contributed by atoms with E-state index in [9.17, 15) is 10.2 Å². The number of aromatic nitrogens is 4. The number of fused-ring (bicyclic) bond motifs is 1. The number of nitrogens with zero attached hydrogens (tertiary/aromatic N) is 5. The fourth-order valence-corrected chi connectivity index (χ4v) is 3.38. The lowest BCUT2D eigenvalue weighted by atomic mass is 10.0. The standard InChI is InChI=1S/C18H18ClN5O3/c1-27-14-8-20-7-11-16(14)18(24-5-3-12(25)13(26)9-24)23-17(22-11)10-2-4-21-15(19)6-10/h2,4,6-8,12-13,25-26H,3,5,9H2,1H3/t12-,13-/m1/s1. The third kappa shape index (κ3) is 3.39. The van der Waals surface area contributed by atoms with Gasteiger partial charge in [0.2, 0.25) is 0 Å². The number of rotatable bonds is 3. The molecule has 8 nitrogen and oxygen atoms in total. The number of ether oxygens (including phenoxy) is 1. The Morgan fingerprint density at radius 1 is 1.22 bits per heavy atom. The van der Waals surface area contributed by atoms with Crippen molar-refractivity contribution in [3.8, 4) is 17.1 Å². The van der Waals surface area contributed by atoms with Crippen LogP contribution in [0.1, 0.15) is 6.42 Å². The summed E-state index contributed by atoms with van der Waals surface area (Å²) in [5.74, 6) is 1.63. The van der Waals surface area contributed by atoms with Gasteiger partial charge in [-0.05, 0) is 18.6 Å². The summed E-state index contributed by atoms with van der Waals surface area (Å²) < 4.78 is 5.46. The van der Waals surface area contributed by atoms with Crippen LogP contribution in [0.15, 0.2) is 30.7 Å². The van der Waals surface area contributed by atoms with Crippen molar-refractivity contribution >= 4 is 28.3 Å². The first kappa shape index (κ1) is 17.8. The van der Waals surface area contributed by atoms with Crippen LogP contribution in [0.4, 0.5) is 5.82 Å². The summed E-state index contributed by atoms with van der Waals surface area (Å²) in [5, 5.41) is 21.0. The first-order valence-electron chi connectivity index (χ1n) is 8.49. The molecule has 2 atom stereocenters. The lowest BCUT2D eigenvalue weighted by Gasteiger charge is -2.35. The highest BCUT2D eigenvalue weighted by molar-refractivity contribution is 6.29. The van der Waals surface area contributed by atoms with Crippen LogP contribution in [0.5, 0.6) is 5.75 Å². The van der Waals surface area contributed by atoms with Gasteiger partial charge in [0.1, 0.15) is 16.7 Å². The molecule has 0 amide bonds. The summed E-state index contributed by atoms with van der Waals surface area (Å²) in [7, 11) is 1.56. The van der Waals surface area contributed by atoms with Crippen LogP contribution in [0.3, 0.4) is 0 Å². The Morgan fingerprint density at radius 2 is 2.07 bits per heavy atom. The molecule has 0 bridgehead atoms. The molecule has 1 fully saturated rings. The number of methoxy groups -OCH3 is 1. The molecule has 27 heavy (non-hydrogen) atoms. The fraction of sp³-hybridized carbons (Fsp3) is 0.333. The van der Waals surface area contributed by atoms with Gasteiger partial charge in [0.25, 0.3) is 0 Å². The first-order chi connectivity index (χ1) is 13.1. The number of hydrogen-bond donors (Lipinski definition) is 2. The third-order valence-electron chi connectivity index (χ3n) is 4.60. The highest BCUT2D eigenvalue weighted by Gasteiger charge is 2.29. The molecule has 0 saturated carbocycles. The molecular weight excluding hydrogens is 370 g/mol. The van der Waals surface area contributed by atoms with Crippen LogP contribution in [-0.4, -0.2) is 62.6 Å². The lowest BCUT2D eigenvalue weighted by Crippen LogP contribution is -2.47. The highest BCUT2D eigenvalue weighted by Crippen LogP contribution is 2.35. The van der Waals surface area contributed by atoms with E-state index >= 15 is 0 Å². The van der Waals surface area contributed by atoms with Gasteiger partial charge in [0.05, 0.1) is 42.6 Å². The van der Waals surface area contributed by atoms with E-state index in [1.54, 1.807) is 37.8 Å². The molecule has 0 aromatic carbocycles. The van der Waals surface area contributed by atoms with Crippen LogP contribution in [0, 0.1) is 0 Å². The van der Waals surface area contributed by atoms with E-state index in [4.69, 9.17) is 21.3 Å². The van der Waals surface area contributed by atoms with Gasteiger partial charge in [0.15, 0.2) is 5.82 Å². The molecule has 140 valence electrons. The second-order valence-electron chi connectivity index (χ2n) is 6.34. The summed E-state index contributed by atoms with van der Waals surface area (Å²) in [6, 6.07) is 3.47. The second kappa shape index (κ2) is 7.22. The zero-order chi connectivity index (χ0) is 19.0. The van der Waals surface area contributed by atoms with E-state index in [1.807, 2.05) is 4.90 Å². The molecule has 1 aliphatic heterocycles. The van der Waals surface area contributed by atoms with Gasteiger partial charge in [-0.15, -0.1) is 0 Å². The van der Waals surface area contributed by atoms with Gasteiger partial charge in [-0.3, -0.25) is 4.98 Å². The molecule has 9 heteroatoms. The van der Waals surface area contributed by atoms with E-state index in [-0.39, 0.29) is 6.54 Å². The van der Waals surface area contributed by atoms with Gasteiger partial charge < -0.3 is 19.8 Å². The van der Waals surface area contributed by atoms with Crippen molar-refractivity contribution in [1.82, 2.24) is 19.9 Å². The van der Waals surface area contributed by atoms with Crippen molar-refractivity contribution in [1.29, 1.82) is 0 Å². The minimum absolute atomic E-state index is 0.259. The van der Waals surface area contributed by atoms with Gasteiger partial charge in [-0.1, -0.05) is 11.6 Å². The maximum Gasteiger partial charge on any atom is 0.162 e. The predicted molar refractivity (Wildman–Crippen MR) is 101 cm³/mol. The Hall–Kier alpha value is -2.55. The van der Waals surface area contributed by atoms with Gasteiger partial charge in [-0.25, -0.2) is 15.0 Å². The van der Waals surface area contributed by atoms with Crippen molar-refractivity contribution in [2.24, 2.45) is 0 Å². The van der Waals surface area contributed by atoms with Crippen LogP contribution >= 0.6 is 11.6 Å². The number of piperidine rings is 1. The molecule has 0 aliphatic carbocycles. The molecule has 4 heterocycles. The van der Waals surface area contributed by atoms with Crippen LogP contribution in [0.25, 0.3) is 22.3 Å². The molecule has 4 rings (SSSR count). The van der Waals surface area contributed by atoms with Crippen molar-refractivity contribution in [2.75, 3.05) is 25.1 Å². The summed E-state index contributed by atoms with van der Waals surface area (Å²) in [5.41, 5.74) is 1.33. The minimum Gasteiger partial charge on any atom is -0.494 e. The largest absolute Gasteiger partial charge is 0.494 e. The molecule has 3 aromatic rings. The summed E-state index contributed by atoms with van der Waals surface area (Å²) >= 11 is 6.01. The monoisotopic (exact) mass is 387 g/mol. The molecule has 1 aliphatic rings. The number of hydrogen-bond acceptors (Lipinski definition) is 8. The molecular formula is C18H18ClN5O3. The van der Waals surface area contributed by atoms with E-state index in [0.717, 1.165) is 5.56 Å². The summed E-state index contributed by atoms with van der Waals surface area (Å²) in [6.45, 7) is 0.807. The van der Waals surface area contributed by atoms with Crippen molar-refractivity contribution in [2.45, 2.75) is 18.6 Å². The number of aliphatic hydroxyl groups is 2. The number of aliphatic hydroxyl groups excluding tert-OH is 2. The Bertz CT molecular complexity index is 986. The number of anilines is 1. The first-order valence-corrected chi connectivity index (χ1v) is 8.87. The van der Waals surface area contributed by atoms with Crippen molar-refractivity contribution < 1.29 is 14.9 Å². The minimum atomic E-state index is -0.851. The predicted octanol–water partition coefficient (Wildman–Crippen LogP) is 1.68. The summed E-state index contributed by atoms with van der Waals surface area (Å²) in [6.07, 6.45) is 3.69. The Labute approximate surface area is 160 Å². The van der Waals surface area contributed by atoms with E-state index in [0.29, 0.717) is 46.4 Å². The maximum atomic E-state index is 10.1. The molecule has 2 N–H and O–H groups in total. The maximum absolute atomic E-state index is 10.1. The smallest absolute Gasteiger partial charge is 0.162 e. The summed E-state index contributed by atoms with van der Waals surface area (Å²) in [4.78, 5) is 19.4. The molecule has 0 spiro atoms. The number of pyridine rings is 2. The van der Waals surface area contributed by atoms with Gasteiger partial charge in [-0.2, -0.15) is 0 Å². The SMILES string of the molecule is COc1cncc2nc(-c3ccnc(Cl)c3)nc(N3CC[C@@H](O)[C@H](O)C3)c12. The third-order valence-corrected chi connectivity index (χ3v) is 4.81. The van der Waals surface area contributed by atoms with Gasteiger partial charge >= 0.3 is 0 Å². The van der Waals surface area contributed by atoms with Crippen LogP contribution in [0.2, 0.25) is 5.15 Å². The molecule has 0 radical (unpaired) electrons. The normalized spacial score (nSPS) is 20.1. The fourth-order valence-electron chi connectivity index (χ4n) is 3.20. The molecule has 1 saturated heterocycles. The van der Waals surface area contributed by atoms with Gasteiger partial charge in [0, 0.05) is 24.8 Å².